The number of halogens is 3. The summed E-state index contributed by atoms with van der Waals surface area (Å²) in [6.45, 7) is 2.54. The fourth-order valence-corrected chi connectivity index (χ4v) is 4.90. The minimum Gasteiger partial charge on any atom is -0.449 e. The van der Waals surface area contributed by atoms with E-state index in [1.165, 1.54) is 18.2 Å². The average molecular weight is 460 g/mol. The van der Waals surface area contributed by atoms with Gasteiger partial charge in [0.1, 0.15) is 5.69 Å². The Morgan fingerprint density at radius 1 is 1.18 bits per heavy atom. The summed E-state index contributed by atoms with van der Waals surface area (Å²) in [5, 5.41) is 11.3. The van der Waals surface area contributed by atoms with Crippen molar-refractivity contribution in [2.24, 2.45) is 5.41 Å². The maximum absolute atomic E-state index is 12.9. The molecule has 1 N–H and O–H groups in total. The molecule has 0 aliphatic heterocycles. The van der Waals surface area contributed by atoms with Crippen LogP contribution in [-0.4, -0.2) is 33.7 Å². The van der Waals surface area contributed by atoms with Crippen LogP contribution in [0, 0.1) is 5.41 Å². The van der Waals surface area contributed by atoms with E-state index in [0.717, 1.165) is 44.2 Å². The number of hydrogen-bond acceptors (Lipinski definition) is 6. The summed E-state index contributed by atoms with van der Waals surface area (Å²) in [6, 6.07) is 6.30. The van der Waals surface area contributed by atoms with Crippen LogP contribution in [0.1, 0.15) is 66.9 Å². The van der Waals surface area contributed by atoms with Gasteiger partial charge in [-0.05, 0) is 61.8 Å². The Morgan fingerprint density at radius 3 is 2.70 bits per heavy atom. The zero-order valence-corrected chi connectivity index (χ0v) is 18.0. The van der Waals surface area contributed by atoms with Gasteiger partial charge in [0.25, 0.3) is 5.91 Å². The number of nitrogens with zero attached hydrogens (tertiary/aromatic N) is 3. The molecule has 174 valence electrons. The van der Waals surface area contributed by atoms with E-state index in [4.69, 9.17) is 9.15 Å². The lowest BCUT2D eigenvalue weighted by Gasteiger charge is -2.56. The smallest absolute Gasteiger partial charge is 0.416 e. The fourth-order valence-electron chi connectivity index (χ4n) is 4.90. The van der Waals surface area contributed by atoms with Crippen LogP contribution in [0.3, 0.4) is 0 Å². The highest BCUT2D eigenvalue weighted by molar-refractivity contribution is 5.95. The molecule has 1 aromatic carbocycles. The summed E-state index contributed by atoms with van der Waals surface area (Å²) in [4.78, 5) is 16.8. The molecule has 2 heterocycles. The van der Waals surface area contributed by atoms with E-state index in [0.29, 0.717) is 23.4 Å². The molecule has 1 spiro atoms. The first-order chi connectivity index (χ1) is 15.7. The number of fused-ring (bicyclic) bond motifs is 1. The molecule has 0 unspecified atom stereocenters. The van der Waals surface area contributed by atoms with E-state index < -0.39 is 11.7 Å². The molecule has 10 heteroatoms. The maximum Gasteiger partial charge on any atom is 0.416 e. The number of hydrogen-bond donors (Lipinski definition) is 1. The van der Waals surface area contributed by atoms with Gasteiger partial charge in [-0.1, -0.05) is 18.1 Å². The molecule has 2 aromatic heterocycles. The predicted molar refractivity (Wildman–Crippen MR) is 112 cm³/mol. The lowest BCUT2D eigenvalue weighted by Crippen LogP contribution is -2.55. The van der Waals surface area contributed by atoms with Crippen LogP contribution in [0.5, 0.6) is 6.08 Å². The van der Waals surface area contributed by atoms with Gasteiger partial charge in [-0.3, -0.25) is 4.79 Å². The van der Waals surface area contributed by atoms with E-state index in [1.807, 2.05) is 6.92 Å². The minimum absolute atomic E-state index is 0.0506. The van der Waals surface area contributed by atoms with Crippen molar-refractivity contribution < 1.29 is 27.1 Å². The minimum atomic E-state index is -4.42. The molecule has 2 saturated carbocycles. The zero-order chi connectivity index (χ0) is 23.2. The van der Waals surface area contributed by atoms with Gasteiger partial charge in [0.2, 0.25) is 5.89 Å². The second-order valence-corrected chi connectivity index (χ2v) is 9.04. The quantitative estimate of drug-likeness (QED) is 0.564. The molecule has 0 bridgehead atoms. The Kier molecular flexibility index (Phi) is 5.25. The van der Waals surface area contributed by atoms with Crippen LogP contribution in [-0.2, 0) is 6.18 Å². The van der Waals surface area contributed by atoms with E-state index in [9.17, 15) is 18.0 Å². The van der Waals surface area contributed by atoms with Crippen LogP contribution in [0.25, 0.3) is 10.9 Å². The third kappa shape index (κ3) is 4.26. The van der Waals surface area contributed by atoms with Crippen molar-refractivity contribution in [3.05, 3.63) is 47.5 Å². The Balaban J connectivity index is 1.14. The normalized spacial score (nSPS) is 24.4. The highest BCUT2D eigenvalue weighted by atomic mass is 19.4. The van der Waals surface area contributed by atoms with Gasteiger partial charge in [0.15, 0.2) is 0 Å². The van der Waals surface area contributed by atoms with E-state index in [1.54, 1.807) is 0 Å². The van der Waals surface area contributed by atoms with Gasteiger partial charge in [-0.15, -0.1) is 5.10 Å². The molecular weight excluding hydrogens is 437 g/mol. The van der Waals surface area contributed by atoms with Crippen LogP contribution < -0.4 is 10.1 Å². The first-order valence-electron chi connectivity index (χ1n) is 11.0. The monoisotopic (exact) mass is 460 g/mol. The second kappa shape index (κ2) is 8.00. The van der Waals surface area contributed by atoms with Crippen molar-refractivity contribution >= 4 is 16.8 Å². The molecule has 2 aliphatic rings. The van der Waals surface area contributed by atoms with E-state index >= 15 is 0 Å². The molecule has 2 fully saturated rings. The first kappa shape index (κ1) is 21.7. The summed E-state index contributed by atoms with van der Waals surface area (Å²) in [6.07, 6.45) is 0.264. The van der Waals surface area contributed by atoms with Crippen molar-refractivity contribution in [3.63, 3.8) is 0 Å². The van der Waals surface area contributed by atoms with Gasteiger partial charge in [-0.25, -0.2) is 4.98 Å². The highest BCUT2D eigenvalue weighted by Crippen LogP contribution is 2.61. The maximum atomic E-state index is 12.9. The van der Waals surface area contributed by atoms with Crippen molar-refractivity contribution in [2.45, 2.75) is 57.2 Å². The van der Waals surface area contributed by atoms with Crippen LogP contribution in [0.2, 0.25) is 0 Å². The standard InChI is InChI=1S/C23H23F3N4O3/c1-2-7-32-21-30-29-20(33-21)14-9-22(10-14)11-16(12-22)27-19(31)18-5-3-13-8-15(23(24,25)26)4-6-17(13)28-18/h3-6,8,14,16H,2,7,9-12H2,1H3,(H,27,31). The number of amides is 1. The molecule has 7 nitrogen and oxygen atoms in total. The van der Waals surface area contributed by atoms with Crippen molar-refractivity contribution in [2.75, 3.05) is 6.61 Å². The Hall–Kier alpha value is -3.17. The molecule has 33 heavy (non-hydrogen) atoms. The van der Waals surface area contributed by atoms with Crippen molar-refractivity contribution in [3.8, 4) is 6.08 Å². The molecule has 0 atom stereocenters. The molecule has 0 radical (unpaired) electrons. The highest BCUT2D eigenvalue weighted by Gasteiger charge is 2.55. The van der Waals surface area contributed by atoms with Gasteiger partial charge < -0.3 is 14.5 Å². The molecule has 0 saturated heterocycles. The third-order valence-corrected chi connectivity index (χ3v) is 6.50. The average Bonchev–Trinajstić information content (AvgIpc) is 3.19. The number of ether oxygens (including phenoxy) is 1. The van der Waals surface area contributed by atoms with Crippen LogP contribution >= 0.6 is 0 Å². The number of alkyl halides is 3. The second-order valence-electron chi connectivity index (χ2n) is 9.04. The lowest BCUT2D eigenvalue weighted by molar-refractivity contribution is -0.137. The summed E-state index contributed by atoms with van der Waals surface area (Å²) in [5.74, 6) is 0.507. The van der Waals surface area contributed by atoms with Crippen molar-refractivity contribution in [1.29, 1.82) is 0 Å². The number of carbonyl (C=O) groups is 1. The van der Waals surface area contributed by atoms with Crippen LogP contribution in [0.4, 0.5) is 13.2 Å². The SMILES string of the molecule is CCCOc1nnc(C2CC3(CC(NC(=O)c4ccc5cc(C(F)(F)F)ccc5n4)C3)C2)o1. The number of aromatic nitrogens is 3. The Morgan fingerprint density at radius 2 is 1.97 bits per heavy atom. The first-order valence-corrected chi connectivity index (χ1v) is 11.0. The topological polar surface area (TPSA) is 90.1 Å². The number of rotatable bonds is 6. The van der Waals surface area contributed by atoms with E-state index in [-0.39, 0.29) is 35.1 Å². The van der Waals surface area contributed by atoms with E-state index in [2.05, 4.69) is 20.5 Å². The summed E-state index contributed by atoms with van der Waals surface area (Å²) in [5.41, 5.74) is -0.00540. The Bertz CT molecular complexity index is 1180. The number of pyridine rings is 1. The summed E-state index contributed by atoms with van der Waals surface area (Å²) >= 11 is 0. The van der Waals surface area contributed by atoms with Crippen LogP contribution in [0.15, 0.2) is 34.7 Å². The Labute approximate surface area is 187 Å². The van der Waals surface area contributed by atoms with Gasteiger partial charge >= 0.3 is 12.3 Å². The number of benzene rings is 1. The molecule has 3 aromatic rings. The fraction of sp³-hybridized carbons (Fsp3) is 0.478. The van der Waals surface area contributed by atoms with Gasteiger partial charge in [0.05, 0.1) is 17.7 Å². The number of carbonyl (C=O) groups excluding carboxylic acids is 1. The molecule has 2 aliphatic carbocycles. The molecular formula is C23H23F3N4O3. The summed E-state index contributed by atoms with van der Waals surface area (Å²) < 4.78 is 49.6. The third-order valence-electron chi connectivity index (χ3n) is 6.50. The molecule has 1 amide bonds. The molecule has 5 rings (SSSR count). The van der Waals surface area contributed by atoms with Crippen molar-refractivity contribution in [1.82, 2.24) is 20.5 Å². The zero-order valence-electron chi connectivity index (χ0n) is 18.0. The van der Waals surface area contributed by atoms with Gasteiger partial charge in [-0.2, -0.15) is 13.2 Å². The summed E-state index contributed by atoms with van der Waals surface area (Å²) in [7, 11) is 0. The largest absolute Gasteiger partial charge is 0.449 e. The van der Waals surface area contributed by atoms with Gasteiger partial charge in [0, 0.05) is 17.3 Å². The lowest BCUT2D eigenvalue weighted by atomic mass is 9.50. The predicted octanol–water partition coefficient (Wildman–Crippen LogP) is 4.88. The number of nitrogens with one attached hydrogen (secondary N) is 1.